The molecule has 1 aliphatic rings. The van der Waals surface area contributed by atoms with Crippen LogP contribution < -0.4 is 10.6 Å². The number of alkyl carbamates (subject to hydrolysis) is 1. The summed E-state index contributed by atoms with van der Waals surface area (Å²) in [6.45, 7) is 5.50. The number of ether oxygens (including phenoxy) is 2. The van der Waals surface area contributed by atoms with Gasteiger partial charge in [-0.1, -0.05) is 60.7 Å². The Kier molecular flexibility index (Phi) is 7.38. The molecule has 3 aromatic rings. The minimum atomic E-state index is -0.721. The maximum atomic E-state index is 12.5. The van der Waals surface area contributed by atoms with Gasteiger partial charge in [-0.15, -0.1) is 0 Å². The fourth-order valence-electron chi connectivity index (χ4n) is 4.32. The van der Waals surface area contributed by atoms with E-state index >= 15 is 0 Å². The minimum absolute atomic E-state index is 0.0109. The second kappa shape index (κ2) is 10.6. The highest BCUT2D eigenvalue weighted by Gasteiger charge is 2.29. The van der Waals surface area contributed by atoms with Crippen molar-refractivity contribution in [3.8, 4) is 11.1 Å². The number of anilines is 1. The SMILES string of the molecule is CC(C)(C)OC(=O)N[C@H](C=O)Cc1ccc(NC(=O)OCC2c3ccccc3-c3ccccc32)cc1. The molecule has 2 amide bonds. The van der Waals surface area contributed by atoms with Gasteiger partial charge in [0.1, 0.15) is 18.5 Å². The van der Waals surface area contributed by atoms with Gasteiger partial charge in [-0.05, 0) is 67.1 Å². The Bertz CT molecular complexity index is 1200. The topological polar surface area (TPSA) is 93.7 Å². The first kappa shape index (κ1) is 25.0. The molecule has 7 nitrogen and oxygen atoms in total. The normalized spacial score (nSPS) is 13.2. The van der Waals surface area contributed by atoms with Crippen LogP contribution in [0, 0.1) is 0 Å². The maximum Gasteiger partial charge on any atom is 0.411 e. The molecule has 4 rings (SSSR count). The van der Waals surface area contributed by atoms with Crippen LogP contribution in [0.3, 0.4) is 0 Å². The number of benzene rings is 3. The van der Waals surface area contributed by atoms with Crippen LogP contribution in [0.5, 0.6) is 0 Å². The molecule has 0 heterocycles. The van der Waals surface area contributed by atoms with E-state index in [9.17, 15) is 14.4 Å². The number of carbonyl (C=O) groups is 3. The number of aldehydes is 1. The number of amides is 2. The molecule has 0 fully saturated rings. The molecule has 0 saturated carbocycles. The van der Waals surface area contributed by atoms with Crippen molar-refractivity contribution >= 4 is 24.2 Å². The van der Waals surface area contributed by atoms with E-state index in [0.29, 0.717) is 18.4 Å². The minimum Gasteiger partial charge on any atom is -0.448 e. The number of carbonyl (C=O) groups excluding carboxylic acids is 3. The van der Waals surface area contributed by atoms with Crippen LogP contribution in [0.2, 0.25) is 0 Å². The zero-order valence-electron chi connectivity index (χ0n) is 20.6. The van der Waals surface area contributed by atoms with Crippen LogP contribution in [0.15, 0.2) is 72.8 Å². The summed E-state index contributed by atoms with van der Waals surface area (Å²) in [6, 6.07) is 22.7. The first-order valence-electron chi connectivity index (χ1n) is 11.9. The Labute approximate surface area is 210 Å². The number of rotatable bonds is 7. The Morgan fingerprint density at radius 1 is 0.889 bits per heavy atom. The molecule has 0 bridgehead atoms. The Balaban J connectivity index is 1.31. The first-order valence-corrected chi connectivity index (χ1v) is 11.9. The summed E-state index contributed by atoms with van der Waals surface area (Å²) in [6.07, 6.45) is -0.212. The van der Waals surface area contributed by atoms with E-state index in [1.54, 1.807) is 45.0 Å². The zero-order valence-corrected chi connectivity index (χ0v) is 20.6. The molecule has 36 heavy (non-hydrogen) atoms. The van der Waals surface area contributed by atoms with E-state index in [1.165, 1.54) is 11.1 Å². The van der Waals surface area contributed by atoms with Crippen molar-refractivity contribution in [2.45, 2.75) is 44.8 Å². The van der Waals surface area contributed by atoms with Gasteiger partial charge in [0.25, 0.3) is 0 Å². The number of nitrogens with one attached hydrogen (secondary N) is 2. The van der Waals surface area contributed by atoms with Gasteiger partial charge >= 0.3 is 12.2 Å². The predicted octanol–water partition coefficient (Wildman–Crippen LogP) is 5.68. The third kappa shape index (κ3) is 6.10. The van der Waals surface area contributed by atoms with Gasteiger partial charge in [0.15, 0.2) is 0 Å². The monoisotopic (exact) mass is 486 g/mol. The van der Waals surface area contributed by atoms with E-state index in [1.807, 2.05) is 24.3 Å². The lowest BCUT2D eigenvalue weighted by Crippen LogP contribution is -2.41. The van der Waals surface area contributed by atoms with Crippen LogP contribution in [-0.2, 0) is 20.7 Å². The second-order valence-electron chi connectivity index (χ2n) is 9.74. The Hall–Kier alpha value is -4.13. The van der Waals surface area contributed by atoms with Crippen molar-refractivity contribution < 1.29 is 23.9 Å². The molecule has 0 aliphatic heterocycles. The largest absolute Gasteiger partial charge is 0.448 e. The standard InChI is InChI=1S/C29H30N2O5/c1-29(2,3)36-28(34)31-21(17-32)16-19-12-14-20(15-13-19)30-27(33)35-18-26-24-10-6-4-8-22(24)23-9-5-7-11-25(23)26/h4-15,17,21,26H,16,18H2,1-3H3,(H,30,33)(H,31,34)/t21-/m0/s1. The van der Waals surface area contributed by atoms with Gasteiger partial charge in [-0.3, -0.25) is 5.32 Å². The van der Waals surface area contributed by atoms with E-state index in [2.05, 4.69) is 34.9 Å². The molecule has 2 N–H and O–H groups in total. The zero-order chi connectivity index (χ0) is 25.7. The van der Waals surface area contributed by atoms with Crippen molar-refractivity contribution in [2.24, 2.45) is 0 Å². The van der Waals surface area contributed by atoms with Crippen molar-refractivity contribution in [2.75, 3.05) is 11.9 Å². The molecule has 0 saturated heterocycles. The summed E-state index contributed by atoms with van der Waals surface area (Å²) in [4.78, 5) is 35.8. The van der Waals surface area contributed by atoms with Gasteiger partial charge in [-0.2, -0.15) is 0 Å². The van der Waals surface area contributed by atoms with E-state index in [4.69, 9.17) is 9.47 Å². The molecule has 0 unspecified atom stereocenters. The lowest BCUT2D eigenvalue weighted by Gasteiger charge is -2.21. The molecule has 186 valence electrons. The summed E-state index contributed by atoms with van der Waals surface area (Å²) < 4.78 is 10.8. The molecular formula is C29H30N2O5. The highest BCUT2D eigenvalue weighted by atomic mass is 16.6. The average molecular weight is 487 g/mol. The third-order valence-electron chi connectivity index (χ3n) is 5.87. The van der Waals surface area contributed by atoms with Crippen molar-refractivity contribution in [3.63, 3.8) is 0 Å². The van der Waals surface area contributed by atoms with Crippen LogP contribution in [0.25, 0.3) is 11.1 Å². The Morgan fingerprint density at radius 3 is 2.03 bits per heavy atom. The summed E-state index contributed by atoms with van der Waals surface area (Å²) >= 11 is 0. The van der Waals surface area contributed by atoms with Crippen molar-refractivity contribution in [3.05, 3.63) is 89.5 Å². The molecule has 0 radical (unpaired) electrons. The van der Waals surface area contributed by atoms with Crippen LogP contribution >= 0.6 is 0 Å². The number of fused-ring (bicyclic) bond motifs is 3. The van der Waals surface area contributed by atoms with Gasteiger partial charge in [0, 0.05) is 11.6 Å². The molecule has 7 heteroatoms. The van der Waals surface area contributed by atoms with E-state index < -0.39 is 23.8 Å². The smallest absolute Gasteiger partial charge is 0.411 e. The fraction of sp³-hybridized carbons (Fsp3) is 0.276. The van der Waals surface area contributed by atoms with Gasteiger partial charge in [-0.25, -0.2) is 9.59 Å². The van der Waals surface area contributed by atoms with E-state index in [-0.39, 0.29) is 12.5 Å². The molecule has 0 aromatic heterocycles. The van der Waals surface area contributed by atoms with Crippen LogP contribution in [-0.4, -0.2) is 36.7 Å². The predicted molar refractivity (Wildman–Crippen MR) is 138 cm³/mol. The molecule has 1 aliphatic carbocycles. The number of hydrogen-bond acceptors (Lipinski definition) is 5. The van der Waals surface area contributed by atoms with Gasteiger partial charge in [0.2, 0.25) is 0 Å². The lowest BCUT2D eigenvalue weighted by molar-refractivity contribution is -0.109. The summed E-state index contributed by atoms with van der Waals surface area (Å²) in [5.41, 5.74) is 5.39. The summed E-state index contributed by atoms with van der Waals surface area (Å²) in [7, 11) is 0. The second-order valence-corrected chi connectivity index (χ2v) is 9.74. The third-order valence-corrected chi connectivity index (χ3v) is 5.87. The fourth-order valence-corrected chi connectivity index (χ4v) is 4.32. The maximum absolute atomic E-state index is 12.5. The lowest BCUT2D eigenvalue weighted by atomic mass is 9.98. The van der Waals surface area contributed by atoms with Gasteiger partial charge < -0.3 is 19.6 Å². The quantitative estimate of drug-likeness (QED) is 0.419. The molecule has 0 spiro atoms. The highest BCUT2D eigenvalue weighted by Crippen LogP contribution is 2.44. The van der Waals surface area contributed by atoms with Crippen molar-refractivity contribution in [1.29, 1.82) is 0 Å². The summed E-state index contributed by atoms with van der Waals surface area (Å²) in [5.74, 6) is -0.0109. The molecule has 1 atom stereocenters. The average Bonchev–Trinajstić information content (AvgIpc) is 3.16. The molecule has 3 aromatic carbocycles. The van der Waals surface area contributed by atoms with Crippen molar-refractivity contribution in [1.82, 2.24) is 5.32 Å². The van der Waals surface area contributed by atoms with Crippen LogP contribution in [0.4, 0.5) is 15.3 Å². The van der Waals surface area contributed by atoms with Crippen LogP contribution in [0.1, 0.15) is 43.4 Å². The summed E-state index contributed by atoms with van der Waals surface area (Å²) in [5, 5.41) is 5.30. The number of hydrogen-bond donors (Lipinski definition) is 2. The Morgan fingerprint density at radius 2 is 1.47 bits per heavy atom. The highest BCUT2D eigenvalue weighted by molar-refractivity contribution is 5.85. The first-order chi connectivity index (χ1) is 17.2. The van der Waals surface area contributed by atoms with Gasteiger partial charge in [0.05, 0.1) is 6.04 Å². The van der Waals surface area contributed by atoms with E-state index in [0.717, 1.165) is 16.7 Å². The molecular weight excluding hydrogens is 456 g/mol.